The second kappa shape index (κ2) is 5.70. The smallest absolute Gasteiger partial charge is 0.129 e. The van der Waals surface area contributed by atoms with Crippen LogP contribution in [0.25, 0.3) is 0 Å². The maximum atomic E-state index is 14.0. The van der Waals surface area contributed by atoms with E-state index in [-0.39, 0.29) is 5.82 Å². The van der Waals surface area contributed by atoms with E-state index in [1.807, 2.05) is 6.07 Å². The molecule has 0 aromatic heterocycles. The molecular formula is C15H23FN2. The second-order valence-electron chi connectivity index (χ2n) is 5.27. The fourth-order valence-electron chi connectivity index (χ4n) is 2.34. The van der Waals surface area contributed by atoms with E-state index < -0.39 is 0 Å². The average Bonchev–Trinajstić information content (AvgIpc) is 3.12. The van der Waals surface area contributed by atoms with Crippen molar-refractivity contribution in [1.82, 2.24) is 5.32 Å². The molecule has 0 unspecified atom stereocenters. The van der Waals surface area contributed by atoms with Gasteiger partial charge in [0.15, 0.2) is 0 Å². The van der Waals surface area contributed by atoms with Gasteiger partial charge in [0.05, 0.1) is 0 Å². The Hall–Kier alpha value is -1.09. The molecule has 100 valence electrons. The highest BCUT2D eigenvalue weighted by Gasteiger charge is 2.22. The molecule has 3 heteroatoms. The average molecular weight is 250 g/mol. The van der Waals surface area contributed by atoms with Gasteiger partial charge in [0.2, 0.25) is 0 Å². The van der Waals surface area contributed by atoms with Gasteiger partial charge in [0.1, 0.15) is 5.82 Å². The molecule has 0 heterocycles. The van der Waals surface area contributed by atoms with Crippen LogP contribution in [0.15, 0.2) is 18.2 Å². The Morgan fingerprint density at radius 1 is 1.39 bits per heavy atom. The molecule has 1 aliphatic carbocycles. The summed E-state index contributed by atoms with van der Waals surface area (Å²) in [6.07, 6.45) is 2.46. The van der Waals surface area contributed by atoms with Crippen molar-refractivity contribution >= 4 is 5.69 Å². The molecule has 18 heavy (non-hydrogen) atoms. The lowest BCUT2D eigenvalue weighted by Gasteiger charge is -2.30. The molecule has 2 nitrogen and oxygen atoms in total. The topological polar surface area (TPSA) is 15.3 Å². The van der Waals surface area contributed by atoms with Crippen molar-refractivity contribution in [2.24, 2.45) is 0 Å². The Bertz CT molecular complexity index is 399. The zero-order valence-corrected chi connectivity index (χ0v) is 11.5. The SMILES string of the molecule is CCN(c1cccc(F)c1CNC1CC1)C(C)C. The zero-order chi connectivity index (χ0) is 13.1. The molecule has 1 N–H and O–H groups in total. The molecule has 2 rings (SSSR count). The normalized spacial score (nSPS) is 15.2. The standard InChI is InChI=1S/C15H23FN2/c1-4-18(11(2)3)15-7-5-6-14(16)13(15)10-17-12-8-9-12/h5-7,11-12,17H,4,8-10H2,1-3H3. The fraction of sp³-hybridized carbons (Fsp3) is 0.600. The monoisotopic (exact) mass is 250 g/mol. The zero-order valence-electron chi connectivity index (χ0n) is 11.5. The first-order chi connectivity index (χ1) is 8.63. The van der Waals surface area contributed by atoms with Crippen molar-refractivity contribution in [3.8, 4) is 0 Å². The molecule has 1 aromatic rings. The van der Waals surface area contributed by atoms with Gasteiger partial charge in [-0.25, -0.2) is 4.39 Å². The molecule has 1 fully saturated rings. The van der Waals surface area contributed by atoms with Gasteiger partial charge in [-0.3, -0.25) is 0 Å². The summed E-state index contributed by atoms with van der Waals surface area (Å²) in [4.78, 5) is 2.24. The van der Waals surface area contributed by atoms with Gasteiger partial charge in [0, 0.05) is 36.4 Å². The van der Waals surface area contributed by atoms with Crippen molar-refractivity contribution in [3.63, 3.8) is 0 Å². The van der Waals surface area contributed by atoms with E-state index in [1.165, 1.54) is 12.8 Å². The third kappa shape index (κ3) is 3.02. The number of benzene rings is 1. The maximum absolute atomic E-state index is 14.0. The van der Waals surface area contributed by atoms with Crippen molar-refractivity contribution in [1.29, 1.82) is 0 Å². The van der Waals surface area contributed by atoms with Gasteiger partial charge >= 0.3 is 0 Å². The molecule has 0 bridgehead atoms. The quantitative estimate of drug-likeness (QED) is 0.833. The summed E-state index contributed by atoms with van der Waals surface area (Å²) < 4.78 is 14.0. The molecule has 1 aliphatic rings. The molecule has 0 atom stereocenters. The van der Waals surface area contributed by atoms with E-state index in [0.717, 1.165) is 17.8 Å². The minimum absolute atomic E-state index is 0.0975. The summed E-state index contributed by atoms with van der Waals surface area (Å²) in [5, 5.41) is 3.41. The Labute approximate surface area is 109 Å². The molecule has 0 spiro atoms. The summed E-state index contributed by atoms with van der Waals surface area (Å²) in [7, 11) is 0. The number of hydrogen-bond acceptors (Lipinski definition) is 2. The van der Waals surface area contributed by atoms with E-state index in [0.29, 0.717) is 18.6 Å². The second-order valence-corrected chi connectivity index (χ2v) is 5.27. The number of anilines is 1. The molecule has 1 saturated carbocycles. The number of nitrogens with one attached hydrogen (secondary N) is 1. The minimum Gasteiger partial charge on any atom is -0.369 e. The first-order valence-electron chi connectivity index (χ1n) is 6.91. The first-order valence-corrected chi connectivity index (χ1v) is 6.91. The van der Waals surface area contributed by atoms with Gasteiger partial charge in [-0.1, -0.05) is 6.07 Å². The predicted octanol–water partition coefficient (Wildman–Crippen LogP) is 3.31. The molecular weight excluding hydrogens is 227 g/mol. The first kappa shape index (κ1) is 13.3. The van der Waals surface area contributed by atoms with E-state index >= 15 is 0 Å². The number of nitrogens with zero attached hydrogens (tertiary/aromatic N) is 1. The van der Waals surface area contributed by atoms with Crippen molar-refractivity contribution in [2.45, 2.75) is 52.2 Å². The van der Waals surface area contributed by atoms with E-state index in [2.05, 4.69) is 31.0 Å². The van der Waals surface area contributed by atoms with E-state index in [9.17, 15) is 4.39 Å². The van der Waals surface area contributed by atoms with Crippen LogP contribution in [0.1, 0.15) is 39.2 Å². The molecule has 0 saturated heterocycles. The number of halogens is 1. The van der Waals surface area contributed by atoms with Crippen molar-refractivity contribution in [3.05, 3.63) is 29.6 Å². The van der Waals surface area contributed by atoms with Gasteiger partial charge in [-0.15, -0.1) is 0 Å². The maximum Gasteiger partial charge on any atom is 0.129 e. The van der Waals surface area contributed by atoms with Crippen LogP contribution in [0.2, 0.25) is 0 Å². The van der Waals surface area contributed by atoms with Gasteiger partial charge in [-0.2, -0.15) is 0 Å². The summed E-state index contributed by atoms with van der Waals surface area (Å²) in [5.74, 6) is -0.0975. The van der Waals surface area contributed by atoms with Crippen LogP contribution >= 0.6 is 0 Å². The van der Waals surface area contributed by atoms with Crippen LogP contribution in [0.3, 0.4) is 0 Å². The lowest BCUT2D eigenvalue weighted by Crippen LogP contribution is -2.32. The fourth-order valence-corrected chi connectivity index (χ4v) is 2.34. The Morgan fingerprint density at radius 2 is 2.11 bits per heavy atom. The summed E-state index contributed by atoms with van der Waals surface area (Å²) in [6.45, 7) is 7.94. The van der Waals surface area contributed by atoms with Crippen LogP contribution in [-0.2, 0) is 6.54 Å². The predicted molar refractivity (Wildman–Crippen MR) is 74.4 cm³/mol. The molecule has 0 aliphatic heterocycles. The number of rotatable bonds is 6. The third-order valence-electron chi connectivity index (χ3n) is 3.51. The van der Waals surface area contributed by atoms with Gasteiger partial charge in [-0.05, 0) is 45.7 Å². The van der Waals surface area contributed by atoms with E-state index in [1.54, 1.807) is 12.1 Å². The van der Waals surface area contributed by atoms with Crippen LogP contribution < -0.4 is 10.2 Å². The summed E-state index contributed by atoms with van der Waals surface area (Å²) in [6, 6.07) is 6.37. The van der Waals surface area contributed by atoms with Gasteiger partial charge < -0.3 is 10.2 Å². The lowest BCUT2D eigenvalue weighted by molar-refractivity contribution is 0.581. The summed E-state index contributed by atoms with van der Waals surface area (Å²) in [5.41, 5.74) is 1.83. The molecule has 0 radical (unpaired) electrons. The van der Waals surface area contributed by atoms with Crippen LogP contribution in [-0.4, -0.2) is 18.6 Å². The number of hydrogen-bond donors (Lipinski definition) is 1. The van der Waals surface area contributed by atoms with Crippen LogP contribution in [0.5, 0.6) is 0 Å². The summed E-state index contributed by atoms with van der Waals surface area (Å²) >= 11 is 0. The largest absolute Gasteiger partial charge is 0.369 e. The third-order valence-corrected chi connectivity index (χ3v) is 3.51. The minimum atomic E-state index is -0.0975. The highest BCUT2D eigenvalue weighted by atomic mass is 19.1. The molecule has 1 aromatic carbocycles. The van der Waals surface area contributed by atoms with Gasteiger partial charge in [0.25, 0.3) is 0 Å². The highest BCUT2D eigenvalue weighted by molar-refractivity contribution is 5.54. The Kier molecular flexibility index (Phi) is 4.23. The van der Waals surface area contributed by atoms with Crippen LogP contribution in [0, 0.1) is 5.82 Å². The van der Waals surface area contributed by atoms with Crippen LogP contribution in [0.4, 0.5) is 10.1 Å². The Balaban J connectivity index is 2.23. The van der Waals surface area contributed by atoms with Crippen molar-refractivity contribution < 1.29 is 4.39 Å². The van der Waals surface area contributed by atoms with Crippen molar-refractivity contribution in [2.75, 3.05) is 11.4 Å². The van der Waals surface area contributed by atoms with E-state index in [4.69, 9.17) is 0 Å². The molecule has 0 amide bonds. The lowest BCUT2D eigenvalue weighted by atomic mass is 10.1. The highest BCUT2D eigenvalue weighted by Crippen LogP contribution is 2.26. The Morgan fingerprint density at radius 3 is 2.67 bits per heavy atom.